The third-order valence-electron chi connectivity index (χ3n) is 3.45. The van der Waals surface area contributed by atoms with Gasteiger partial charge in [-0.2, -0.15) is 0 Å². The minimum absolute atomic E-state index is 0.0728. The molecule has 0 fully saturated rings. The van der Waals surface area contributed by atoms with Crippen molar-refractivity contribution in [2.24, 2.45) is 0 Å². The number of nitro benzene ring substituents is 1. The first-order valence-electron chi connectivity index (χ1n) is 7.34. The lowest BCUT2D eigenvalue weighted by molar-refractivity contribution is -0.384. The highest BCUT2D eigenvalue weighted by atomic mass is 16.6. The van der Waals surface area contributed by atoms with E-state index in [2.05, 4.69) is 10.6 Å². The van der Waals surface area contributed by atoms with E-state index < -0.39 is 4.92 Å². The molecule has 0 bridgehead atoms. The van der Waals surface area contributed by atoms with Gasteiger partial charge in [0.15, 0.2) is 0 Å². The van der Waals surface area contributed by atoms with E-state index in [9.17, 15) is 10.1 Å². The van der Waals surface area contributed by atoms with Gasteiger partial charge >= 0.3 is 0 Å². The Hall–Kier alpha value is -3.54. The molecule has 0 unspecified atom stereocenters. The van der Waals surface area contributed by atoms with Gasteiger partial charge in [-0.3, -0.25) is 10.1 Å². The van der Waals surface area contributed by atoms with Crippen LogP contribution in [0.5, 0.6) is 0 Å². The lowest BCUT2D eigenvalue weighted by atomic mass is 10.2. The van der Waals surface area contributed by atoms with Crippen LogP contribution < -0.4 is 16.4 Å². The average Bonchev–Trinajstić information content (AvgIpc) is 2.59. The van der Waals surface area contributed by atoms with Crippen molar-refractivity contribution < 1.29 is 4.92 Å². The van der Waals surface area contributed by atoms with E-state index in [1.165, 1.54) is 12.1 Å². The maximum Gasteiger partial charge on any atom is 0.269 e. The molecule has 0 aliphatic rings. The van der Waals surface area contributed by atoms with E-state index in [0.29, 0.717) is 0 Å². The Labute approximate surface area is 139 Å². The summed E-state index contributed by atoms with van der Waals surface area (Å²) in [5.41, 5.74) is 10.1. The Morgan fingerprint density at radius 2 is 1.00 bits per heavy atom. The quantitative estimate of drug-likeness (QED) is 0.361. The van der Waals surface area contributed by atoms with Gasteiger partial charge in [-0.1, -0.05) is 0 Å². The lowest BCUT2D eigenvalue weighted by Crippen LogP contribution is -1.93. The molecular weight excluding hydrogens is 304 g/mol. The number of benzene rings is 3. The Balaban J connectivity index is 1.65. The number of nitrogens with two attached hydrogens (primary N) is 1. The van der Waals surface area contributed by atoms with Crippen molar-refractivity contribution >= 4 is 34.1 Å². The highest BCUT2D eigenvalue weighted by molar-refractivity contribution is 5.67. The molecular formula is C18H16N4O2. The summed E-state index contributed by atoms with van der Waals surface area (Å²) < 4.78 is 0. The van der Waals surface area contributed by atoms with Crippen LogP contribution in [0.2, 0.25) is 0 Å². The van der Waals surface area contributed by atoms with E-state index in [1.807, 2.05) is 48.5 Å². The van der Waals surface area contributed by atoms with Crippen molar-refractivity contribution in [1.29, 1.82) is 0 Å². The number of rotatable bonds is 5. The summed E-state index contributed by atoms with van der Waals surface area (Å²) in [6, 6.07) is 21.6. The van der Waals surface area contributed by atoms with Crippen molar-refractivity contribution in [3.8, 4) is 0 Å². The molecule has 0 radical (unpaired) electrons. The summed E-state index contributed by atoms with van der Waals surface area (Å²) in [6.07, 6.45) is 0. The molecule has 0 aromatic heterocycles. The Kier molecular flexibility index (Phi) is 4.29. The molecule has 6 nitrogen and oxygen atoms in total. The fourth-order valence-corrected chi connectivity index (χ4v) is 2.20. The summed E-state index contributed by atoms with van der Waals surface area (Å²) in [5.74, 6) is 0. The van der Waals surface area contributed by atoms with Gasteiger partial charge in [0, 0.05) is 40.6 Å². The largest absolute Gasteiger partial charge is 0.399 e. The summed E-state index contributed by atoms with van der Waals surface area (Å²) in [5, 5.41) is 17.1. The molecule has 4 N–H and O–H groups in total. The predicted molar refractivity (Wildman–Crippen MR) is 97.0 cm³/mol. The SMILES string of the molecule is Nc1ccc(Nc2ccc(Nc3ccc([N+](=O)[O-])cc3)cc2)cc1. The van der Waals surface area contributed by atoms with Crippen molar-refractivity contribution in [2.45, 2.75) is 0 Å². The van der Waals surface area contributed by atoms with Crippen molar-refractivity contribution in [3.05, 3.63) is 82.9 Å². The number of hydrogen-bond donors (Lipinski definition) is 3. The topological polar surface area (TPSA) is 93.2 Å². The molecule has 0 spiro atoms. The zero-order valence-corrected chi connectivity index (χ0v) is 12.8. The van der Waals surface area contributed by atoms with Gasteiger partial charge < -0.3 is 16.4 Å². The van der Waals surface area contributed by atoms with Gasteiger partial charge in [-0.05, 0) is 60.7 Å². The summed E-state index contributed by atoms with van der Waals surface area (Å²) in [4.78, 5) is 10.2. The number of nitrogens with zero attached hydrogens (tertiary/aromatic N) is 1. The van der Waals surface area contributed by atoms with E-state index in [4.69, 9.17) is 5.73 Å². The predicted octanol–water partition coefficient (Wildman–Crippen LogP) is 4.66. The number of anilines is 5. The fourth-order valence-electron chi connectivity index (χ4n) is 2.20. The minimum Gasteiger partial charge on any atom is -0.399 e. The van der Waals surface area contributed by atoms with Crippen LogP contribution in [0.15, 0.2) is 72.8 Å². The van der Waals surface area contributed by atoms with Gasteiger partial charge in [-0.25, -0.2) is 0 Å². The van der Waals surface area contributed by atoms with Gasteiger partial charge in [0.1, 0.15) is 0 Å². The van der Waals surface area contributed by atoms with Gasteiger partial charge in [0.05, 0.1) is 4.92 Å². The number of hydrogen-bond acceptors (Lipinski definition) is 5. The third kappa shape index (κ3) is 3.80. The van der Waals surface area contributed by atoms with Crippen molar-refractivity contribution in [3.63, 3.8) is 0 Å². The highest BCUT2D eigenvalue weighted by Gasteiger charge is 2.04. The second-order valence-corrected chi connectivity index (χ2v) is 5.25. The van der Waals surface area contributed by atoms with Crippen LogP contribution in [0.3, 0.4) is 0 Å². The number of nitrogens with one attached hydrogen (secondary N) is 2. The summed E-state index contributed by atoms with van der Waals surface area (Å²) in [7, 11) is 0. The molecule has 0 aliphatic heterocycles. The molecule has 3 aromatic rings. The smallest absolute Gasteiger partial charge is 0.269 e. The Morgan fingerprint density at radius 1 is 0.667 bits per heavy atom. The minimum atomic E-state index is -0.415. The number of non-ortho nitro benzene ring substituents is 1. The van der Waals surface area contributed by atoms with Crippen LogP contribution in [-0.2, 0) is 0 Å². The van der Waals surface area contributed by atoms with Crippen LogP contribution in [0.4, 0.5) is 34.1 Å². The first-order valence-corrected chi connectivity index (χ1v) is 7.34. The summed E-state index contributed by atoms with van der Waals surface area (Å²) >= 11 is 0. The molecule has 0 aliphatic carbocycles. The van der Waals surface area contributed by atoms with Crippen LogP contribution in [0.1, 0.15) is 0 Å². The number of nitrogen functional groups attached to an aromatic ring is 1. The maximum absolute atomic E-state index is 10.6. The second kappa shape index (κ2) is 6.70. The maximum atomic E-state index is 10.6. The number of nitro groups is 1. The lowest BCUT2D eigenvalue weighted by Gasteiger charge is -2.09. The average molecular weight is 320 g/mol. The normalized spacial score (nSPS) is 10.2. The molecule has 0 amide bonds. The van der Waals surface area contributed by atoms with E-state index in [1.54, 1.807) is 12.1 Å². The first-order chi connectivity index (χ1) is 11.6. The molecule has 3 aromatic carbocycles. The standard InChI is InChI=1S/C18H16N4O2/c19-13-1-3-14(4-2-13)20-15-5-7-16(8-6-15)21-17-9-11-18(12-10-17)22(23)24/h1-12,20-21H,19H2. The molecule has 0 atom stereocenters. The van der Waals surface area contributed by atoms with Gasteiger partial charge in [0.25, 0.3) is 5.69 Å². The molecule has 6 heteroatoms. The van der Waals surface area contributed by atoms with Crippen LogP contribution in [0.25, 0.3) is 0 Å². The Bertz CT molecular complexity index is 828. The third-order valence-corrected chi connectivity index (χ3v) is 3.45. The molecule has 3 rings (SSSR count). The zero-order valence-electron chi connectivity index (χ0n) is 12.8. The van der Waals surface area contributed by atoms with E-state index >= 15 is 0 Å². The van der Waals surface area contributed by atoms with Crippen LogP contribution >= 0.6 is 0 Å². The monoisotopic (exact) mass is 320 g/mol. The van der Waals surface area contributed by atoms with Crippen molar-refractivity contribution in [2.75, 3.05) is 16.4 Å². The van der Waals surface area contributed by atoms with E-state index in [0.717, 1.165) is 28.4 Å². The first kappa shape index (κ1) is 15.4. The van der Waals surface area contributed by atoms with Crippen LogP contribution in [-0.4, -0.2) is 4.92 Å². The second-order valence-electron chi connectivity index (χ2n) is 5.25. The summed E-state index contributed by atoms with van der Waals surface area (Å²) in [6.45, 7) is 0. The molecule has 0 heterocycles. The van der Waals surface area contributed by atoms with Crippen molar-refractivity contribution in [1.82, 2.24) is 0 Å². The zero-order chi connectivity index (χ0) is 16.9. The Morgan fingerprint density at radius 3 is 1.38 bits per heavy atom. The van der Waals surface area contributed by atoms with Gasteiger partial charge in [0.2, 0.25) is 0 Å². The molecule has 24 heavy (non-hydrogen) atoms. The molecule has 0 saturated heterocycles. The van der Waals surface area contributed by atoms with E-state index in [-0.39, 0.29) is 5.69 Å². The fraction of sp³-hybridized carbons (Fsp3) is 0. The highest BCUT2D eigenvalue weighted by Crippen LogP contribution is 2.23. The van der Waals surface area contributed by atoms with Gasteiger partial charge in [-0.15, -0.1) is 0 Å². The molecule has 120 valence electrons. The van der Waals surface area contributed by atoms with Crippen LogP contribution in [0, 0.1) is 10.1 Å². The molecule has 0 saturated carbocycles.